The molecule has 0 N–H and O–H groups in total. The number of carbonyl (C=O) groups excluding carboxylic acids is 2. The molecule has 2 aliphatic rings. The number of amides is 2. The fraction of sp³-hybridized carbons (Fsp3) is 0.259. The normalized spacial score (nSPS) is 18.1. The summed E-state index contributed by atoms with van der Waals surface area (Å²) in [4.78, 5) is 49.6. The van der Waals surface area contributed by atoms with Crippen LogP contribution in [0.25, 0.3) is 5.57 Å². The molecule has 37 heavy (non-hydrogen) atoms. The maximum Gasteiger partial charge on any atom is 0.271 e. The fourth-order valence-electron chi connectivity index (χ4n) is 4.90. The van der Waals surface area contributed by atoms with Gasteiger partial charge in [0.1, 0.15) is 4.53 Å². The highest BCUT2D eigenvalue weighted by Crippen LogP contribution is 2.36. The highest BCUT2D eigenvalue weighted by molar-refractivity contribution is 9.10. The van der Waals surface area contributed by atoms with Gasteiger partial charge in [0, 0.05) is 35.2 Å². The summed E-state index contributed by atoms with van der Waals surface area (Å²) in [5.74, 6) is -0.424. The van der Waals surface area contributed by atoms with E-state index in [2.05, 4.69) is 15.9 Å². The van der Waals surface area contributed by atoms with Gasteiger partial charge in [0.05, 0.1) is 28.6 Å². The Balaban J connectivity index is 1.83. The van der Waals surface area contributed by atoms with E-state index in [1.54, 1.807) is 40.5 Å². The molecule has 0 bridgehead atoms. The summed E-state index contributed by atoms with van der Waals surface area (Å²) in [6.07, 6.45) is 0. The molecule has 0 aliphatic carbocycles. The number of nitrogens with zero attached hydrogens (tertiary/aromatic N) is 4. The Hall–Kier alpha value is -3.01. The number of aromatic nitrogens is 1. The zero-order valence-electron chi connectivity index (χ0n) is 20.7. The second-order valence-electron chi connectivity index (χ2n) is 8.83. The molecular weight excluding hydrogens is 576 g/mol. The van der Waals surface area contributed by atoms with Gasteiger partial charge >= 0.3 is 0 Å². The van der Waals surface area contributed by atoms with Crippen LogP contribution in [0.4, 0.5) is 5.69 Å². The maximum absolute atomic E-state index is 14.1. The van der Waals surface area contributed by atoms with Gasteiger partial charge < -0.3 is 9.80 Å². The molecule has 7 nitrogen and oxygen atoms in total. The van der Waals surface area contributed by atoms with E-state index in [4.69, 9.17) is 16.6 Å². The van der Waals surface area contributed by atoms with Gasteiger partial charge in [-0.2, -0.15) is 0 Å². The topological polar surface area (TPSA) is 75.0 Å². The lowest BCUT2D eigenvalue weighted by Crippen LogP contribution is -2.43. The fourth-order valence-corrected chi connectivity index (χ4v) is 6.52. The van der Waals surface area contributed by atoms with E-state index in [1.807, 2.05) is 44.2 Å². The van der Waals surface area contributed by atoms with Crippen molar-refractivity contribution in [3.8, 4) is 0 Å². The van der Waals surface area contributed by atoms with Crippen LogP contribution >= 0.6 is 38.9 Å². The number of benzene rings is 2. The van der Waals surface area contributed by atoms with Crippen LogP contribution in [0.1, 0.15) is 37.9 Å². The van der Waals surface area contributed by atoms with E-state index in [0.29, 0.717) is 49.9 Å². The molecule has 0 fully saturated rings. The van der Waals surface area contributed by atoms with Crippen molar-refractivity contribution in [3.63, 3.8) is 0 Å². The van der Waals surface area contributed by atoms with Gasteiger partial charge in [0.15, 0.2) is 4.80 Å². The van der Waals surface area contributed by atoms with E-state index < -0.39 is 6.04 Å². The Bertz CT molecular complexity index is 1670. The van der Waals surface area contributed by atoms with Crippen LogP contribution in [0.5, 0.6) is 0 Å². The summed E-state index contributed by atoms with van der Waals surface area (Å²) in [6.45, 7) is 6.69. The molecule has 3 aromatic rings. The van der Waals surface area contributed by atoms with Crippen molar-refractivity contribution in [1.82, 2.24) is 9.47 Å². The van der Waals surface area contributed by atoms with E-state index in [1.165, 1.54) is 11.3 Å². The minimum absolute atomic E-state index is 0.171. The summed E-state index contributed by atoms with van der Waals surface area (Å²) >= 11 is 10.8. The highest BCUT2D eigenvalue weighted by Gasteiger charge is 2.36. The van der Waals surface area contributed by atoms with Gasteiger partial charge in [0.2, 0.25) is 0 Å². The summed E-state index contributed by atoms with van der Waals surface area (Å²) in [5.41, 5.74) is 3.13. The number of thiazole rings is 1. The average molecular weight is 600 g/mol. The second-order valence-corrected chi connectivity index (χ2v) is 11.2. The van der Waals surface area contributed by atoms with Gasteiger partial charge in [-0.25, -0.2) is 4.99 Å². The third-order valence-electron chi connectivity index (χ3n) is 6.80. The molecule has 2 aromatic carbocycles. The number of carbonyl (C=O) groups is 2. The molecule has 3 heterocycles. The number of fused-ring (bicyclic) bond motifs is 2. The summed E-state index contributed by atoms with van der Waals surface area (Å²) in [5, 5.41) is 0.553. The number of rotatable bonds is 4. The molecule has 0 unspecified atom stereocenters. The largest absolute Gasteiger partial charge is 0.339 e. The van der Waals surface area contributed by atoms with Crippen molar-refractivity contribution in [2.45, 2.75) is 26.8 Å². The van der Waals surface area contributed by atoms with Crippen molar-refractivity contribution >= 4 is 61.9 Å². The standard InChI is InChI=1S/C27H24BrClN4O3S/c1-5-32(6-2)25(35)20-14(3)30-27-33(22(20)15-7-10-17(29)11-8-15)26(36)23(37-27)21-18-13-16(28)9-12-19(18)31(4)24(21)34/h7-13,22H,5-6H2,1-4H3/b23-21+/t22-/m0/s1. The lowest BCUT2D eigenvalue weighted by atomic mass is 9.94. The molecule has 10 heteroatoms. The predicted octanol–water partition coefficient (Wildman–Crippen LogP) is 3.87. The van der Waals surface area contributed by atoms with Crippen LogP contribution in [-0.4, -0.2) is 41.4 Å². The number of hydrogen-bond acceptors (Lipinski definition) is 5. The second kappa shape index (κ2) is 9.70. The van der Waals surface area contributed by atoms with E-state index in [0.717, 1.165) is 15.7 Å². The highest BCUT2D eigenvalue weighted by atomic mass is 79.9. The van der Waals surface area contributed by atoms with Gasteiger partial charge in [-0.15, -0.1) is 0 Å². The minimum Gasteiger partial charge on any atom is -0.339 e. The molecule has 2 amide bonds. The summed E-state index contributed by atoms with van der Waals surface area (Å²) in [7, 11) is 1.70. The molecule has 0 saturated carbocycles. The first-order valence-corrected chi connectivity index (χ1v) is 13.8. The first-order valence-electron chi connectivity index (χ1n) is 11.9. The minimum atomic E-state index is -0.702. The van der Waals surface area contributed by atoms with Gasteiger partial charge in [-0.3, -0.25) is 19.0 Å². The summed E-state index contributed by atoms with van der Waals surface area (Å²) in [6, 6.07) is 12.0. The van der Waals surface area contributed by atoms with Gasteiger partial charge in [-0.05, 0) is 56.7 Å². The number of hydrogen-bond donors (Lipinski definition) is 0. The number of halogens is 2. The first-order chi connectivity index (χ1) is 17.7. The van der Waals surface area contributed by atoms with Crippen molar-refractivity contribution in [2.24, 2.45) is 4.99 Å². The van der Waals surface area contributed by atoms with Gasteiger partial charge in [0.25, 0.3) is 17.4 Å². The van der Waals surface area contributed by atoms with E-state index >= 15 is 0 Å². The Morgan fingerprint density at radius 2 is 1.81 bits per heavy atom. The van der Waals surface area contributed by atoms with Crippen LogP contribution in [0, 0.1) is 0 Å². The number of likely N-dealkylation sites (N-methyl/N-ethyl adjacent to an activating group) is 2. The zero-order chi connectivity index (χ0) is 26.6. The average Bonchev–Trinajstić information content (AvgIpc) is 3.31. The van der Waals surface area contributed by atoms with Crippen molar-refractivity contribution in [1.29, 1.82) is 0 Å². The smallest absolute Gasteiger partial charge is 0.271 e. The molecule has 190 valence electrons. The number of allylic oxidation sites excluding steroid dienone is 1. The number of anilines is 1. The van der Waals surface area contributed by atoms with E-state index in [9.17, 15) is 14.4 Å². The van der Waals surface area contributed by atoms with Crippen LogP contribution in [0.3, 0.4) is 0 Å². The lowest BCUT2D eigenvalue weighted by molar-refractivity contribution is -0.127. The molecule has 1 atom stereocenters. The zero-order valence-corrected chi connectivity index (χ0v) is 23.9. The summed E-state index contributed by atoms with van der Waals surface area (Å²) < 4.78 is 2.65. The third kappa shape index (κ3) is 4.09. The maximum atomic E-state index is 14.1. The Morgan fingerprint density at radius 3 is 2.46 bits per heavy atom. The Morgan fingerprint density at radius 1 is 1.14 bits per heavy atom. The van der Waals surface area contributed by atoms with Crippen LogP contribution < -0.4 is 19.8 Å². The lowest BCUT2D eigenvalue weighted by Gasteiger charge is -2.29. The molecule has 1 aromatic heterocycles. The molecule has 5 rings (SSSR count). The molecule has 0 spiro atoms. The molecule has 2 aliphatic heterocycles. The SMILES string of the molecule is CCN(CC)C(=O)C1=C(C)N=c2s/c(=C3/C(=O)N(C)c4ccc(Br)cc43)c(=O)n2[C@H]1c1ccc(Cl)cc1. The molecular formula is C27H24BrClN4O3S. The van der Waals surface area contributed by atoms with Crippen molar-refractivity contribution < 1.29 is 9.59 Å². The first kappa shape index (κ1) is 25.6. The molecule has 0 radical (unpaired) electrons. The Labute approximate surface area is 231 Å². The third-order valence-corrected chi connectivity index (χ3v) is 8.60. The quantitative estimate of drug-likeness (QED) is 0.457. The van der Waals surface area contributed by atoms with Crippen LogP contribution in [-0.2, 0) is 9.59 Å². The van der Waals surface area contributed by atoms with E-state index in [-0.39, 0.29) is 17.4 Å². The van der Waals surface area contributed by atoms with Crippen molar-refractivity contribution in [2.75, 3.05) is 25.0 Å². The van der Waals surface area contributed by atoms with Gasteiger partial charge in [-0.1, -0.05) is 51.0 Å². The van der Waals surface area contributed by atoms with Crippen LogP contribution in [0.2, 0.25) is 5.02 Å². The van der Waals surface area contributed by atoms with Crippen molar-refractivity contribution in [3.05, 3.63) is 94.0 Å². The van der Waals surface area contributed by atoms with Crippen LogP contribution in [0.15, 0.2) is 68.0 Å². The molecule has 0 saturated heterocycles. The monoisotopic (exact) mass is 598 g/mol. The Kier molecular flexibility index (Phi) is 6.72. The predicted molar refractivity (Wildman–Crippen MR) is 150 cm³/mol.